The average Bonchev–Trinajstić information content (AvgIpc) is 3.43. The lowest BCUT2D eigenvalue weighted by molar-refractivity contribution is -0.118. The lowest BCUT2D eigenvalue weighted by atomic mass is 10.1. The second-order valence-electron chi connectivity index (χ2n) is 9.28. The van der Waals surface area contributed by atoms with E-state index in [9.17, 15) is 13.6 Å². The molecule has 0 bridgehead atoms. The average molecular weight is 512 g/mol. The van der Waals surface area contributed by atoms with Crippen molar-refractivity contribution in [2.24, 2.45) is 0 Å². The number of nitrogens with zero attached hydrogens (tertiary/aromatic N) is 5. The molecule has 1 amide bonds. The lowest BCUT2D eigenvalue weighted by Gasteiger charge is -2.23. The van der Waals surface area contributed by atoms with Crippen molar-refractivity contribution in [1.29, 1.82) is 0 Å². The molecule has 8 nitrogen and oxygen atoms in total. The van der Waals surface area contributed by atoms with E-state index in [-0.39, 0.29) is 25.2 Å². The zero-order valence-corrected chi connectivity index (χ0v) is 20.8. The molecule has 4 rings (SSSR count). The van der Waals surface area contributed by atoms with Gasteiger partial charge in [0.15, 0.2) is 11.6 Å². The van der Waals surface area contributed by atoms with E-state index in [1.54, 1.807) is 4.90 Å². The fourth-order valence-corrected chi connectivity index (χ4v) is 3.91. The number of carbonyl (C=O) groups excluding carboxylic acids is 1. The van der Waals surface area contributed by atoms with E-state index >= 15 is 0 Å². The van der Waals surface area contributed by atoms with Gasteiger partial charge in [-0.05, 0) is 43.9 Å². The highest BCUT2D eigenvalue weighted by Gasteiger charge is 2.29. The van der Waals surface area contributed by atoms with Crippen molar-refractivity contribution in [3.63, 3.8) is 0 Å². The number of carbonyl (C=O) groups is 1. The van der Waals surface area contributed by atoms with Crippen LogP contribution in [0.4, 0.5) is 14.5 Å². The van der Waals surface area contributed by atoms with Gasteiger partial charge >= 0.3 is 0 Å². The van der Waals surface area contributed by atoms with E-state index in [0.29, 0.717) is 48.6 Å². The summed E-state index contributed by atoms with van der Waals surface area (Å²) in [5.41, 5.74) is 1.42. The minimum atomic E-state index is -0.518. The molecule has 1 fully saturated rings. The van der Waals surface area contributed by atoms with Gasteiger partial charge in [-0.1, -0.05) is 36.0 Å². The van der Waals surface area contributed by atoms with Crippen LogP contribution in [-0.4, -0.2) is 32.7 Å². The molecule has 2 heterocycles. The van der Waals surface area contributed by atoms with Crippen molar-refractivity contribution in [3.8, 4) is 11.5 Å². The molecule has 0 N–H and O–H groups in total. The summed E-state index contributed by atoms with van der Waals surface area (Å²) in [6.45, 7) is 6.96. The van der Waals surface area contributed by atoms with Gasteiger partial charge in [-0.15, -0.1) is 0 Å². The lowest BCUT2D eigenvalue weighted by Crippen LogP contribution is -2.31. The molecule has 0 radical (unpaired) electrons. The third-order valence-electron chi connectivity index (χ3n) is 6.10. The van der Waals surface area contributed by atoms with Gasteiger partial charge < -0.3 is 13.9 Å². The van der Waals surface area contributed by atoms with Gasteiger partial charge in [-0.25, -0.2) is 8.78 Å². The van der Waals surface area contributed by atoms with Gasteiger partial charge in [0, 0.05) is 55.8 Å². The number of aromatic nitrogens is 4. The molecular formula is C27H31F2N5O3. The number of hydrogen-bond donors (Lipinski definition) is 0. The first-order valence-electron chi connectivity index (χ1n) is 12.6. The molecular weight excluding hydrogens is 480 g/mol. The molecule has 0 saturated heterocycles. The second kappa shape index (κ2) is 12.5. The minimum Gasteiger partial charge on any atom is -0.339 e. The Kier molecular flexibility index (Phi) is 8.92. The van der Waals surface area contributed by atoms with E-state index in [0.717, 1.165) is 43.5 Å². The second-order valence-corrected chi connectivity index (χ2v) is 9.28. The van der Waals surface area contributed by atoms with Gasteiger partial charge in [-0.2, -0.15) is 9.97 Å². The molecule has 196 valence electrons. The highest BCUT2D eigenvalue weighted by molar-refractivity contribution is 5.94. The van der Waals surface area contributed by atoms with Gasteiger partial charge in [0.05, 0.1) is 11.7 Å². The normalized spacial score (nSPS) is 13.0. The minimum absolute atomic E-state index is 0.0145. The summed E-state index contributed by atoms with van der Waals surface area (Å²) in [5, 5.41) is 8.00. The molecule has 0 atom stereocenters. The van der Waals surface area contributed by atoms with Crippen LogP contribution in [-0.2, 0) is 17.6 Å². The van der Waals surface area contributed by atoms with Crippen molar-refractivity contribution < 1.29 is 22.6 Å². The maximum absolute atomic E-state index is 13.3. The van der Waals surface area contributed by atoms with E-state index in [1.165, 1.54) is 0 Å². The first-order valence-corrected chi connectivity index (χ1v) is 12.6. The maximum Gasteiger partial charge on any atom is 0.258 e. The molecule has 10 heteroatoms. The van der Waals surface area contributed by atoms with Crippen molar-refractivity contribution in [1.82, 2.24) is 20.3 Å². The van der Waals surface area contributed by atoms with Gasteiger partial charge in [0.25, 0.3) is 5.89 Å². The monoisotopic (exact) mass is 511 g/mol. The van der Waals surface area contributed by atoms with E-state index < -0.39 is 11.7 Å². The number of amides is 1. The molecule has 2 aromatic heterocycles. The Morgan fingerprint density at radius 1 is 0.973 bits per heavy atom. The number of unbranched alkanes of at least 4 members (excludes halogenated alkanes) is 2. The topological polar surface area (TPSA) is 98.2 Å². The van der Waals surface area contributed by atoms with E-state index in [1.807, 2.05) is 24.3 Å². The Morgan fingerprint density at radius 3 is 2.54 bits per heavy atom. The number of rotatable bonds is 15. The quantitative estimate of drug-likeness (QED) is 0.217. The van der Waals surface area contributed by atoms with Crippen LogP contribution in [0.3, 0.4) is 0 Å². The summed E-state index contributed by atoms with van der Waals surface area (Å²) in [6, 6.07) is 7.39. The Hall–Kier alpha value is -3.69. The van der Waals surface area contributed by atoms with E-state index in [2.05, 4.69) is 33.4 Å². The largest absolute Gasteiger partial charge is 0.339 e. The summed E-state index contributed by atoms with van der Waals surface area (Å²) in [5.74, 6) is 1.37. The fourth-order valence-electron chi connectivity index (χ4n) is 3.91. The smallest absolute Gasteiger partial charge is 0.258 e. The summed E-state index contributed by atoms with van der Waals surface area (Å²) >= 11 is 0. The zero-order chi connectivity index (χ0) is 26.2. The maximum atomic E-state index is 13.3. The molecule has 1 saturated carbocycles. The summed E-state index contributed by atoms with van der Waals surface area (Å²) in [7, 11) is 0. The Balaban J connectivity index is 1.35. The third kappa shape index (κ3) is 7.90. The summed E-state index contributed by atoms with van der Waals surface area (Å²) in [4.78, 5) is 23.4. The van der Waals surface area contributed by atoms with E-state index in [4.69, 9.17) is 9.05 Å². The van der Waals surface area contributed by atoms with Crippen LogP contribution in [0.5, 0.6) is 0 Å². The van der Waals surface area contributed by atoms with Crippen molar-refractivity contribution in [2.75, 3.05) is 11.4 Å². The van der Waals surface area contributed by atoms with Gasteiger partial charge in [0.1, 0.15) is 0 Å². The first-order chi connectivity index (χ1) is 17.9. The van der Waals surface area contributed by atoms with Crippen LogP contribution in [0.25, 0.3) is 11.5 Å². The molecule has 1 aliphatic carbocycles. The number of hydrogen-bond acceptors (Lipinski definition) is 7. The predicted molar refractivity (Wildman–Crippen MR) is 134 cm³/mol. The third-order valence-corrected chi connectivity index (χ3v) is 6.10. The number of halogens is 2. The number of benzene rings is 1. The SMILES string of the molecule is C=C(F)CCC(=O)N(CCCCCc1noc(CCC(=C)F)n1)c1cccc(-c2nc(C3CC3)no2)c1. The predicted octanol–water partition coefficient (Wildman–Crippen LogP) is 6.42. The highest BCUT2D eigenvalue weighted by Crippen LogP contribution is 2.39. The fraction of sp³-hybridized carbons (Fsp3) is 0.444. The van der Waals surface area contributed by atoms with Crippen LogP contribution in [0, 0.1) is 0 Å². The zero-order valence-electron chi connectivity index (χ0n) is 20.8. The molecule has 37 heavy (non-hydrogen) atoms. The number of aryl methyl sites for hydroxylation is 2. The van der Waals surface area contributed by atoms with Crippen molar-refractivity contribution in [2.45, 2.75) is 70.1 Å². The standard InChI is InChI=1S/C27H31F2N5O3/c1-18(28)10-14-24-30-23(32-36-24)9-4-3-5-16-34(25(35)15-11-19(2)29)22-8-6-7-21(17-22)27-31-26(33-37-27)20-12-13-20/h6-8,17,20H,1-5,9-16H2. The van der Waals surface area contributed by atoms with Crippen LogP contribution in [0.2, 0.25) is 0 Å². The number of anilines is 1. The summed E-state index contributed by atoms with van der Waals surface area (Å²) in [6.07, 6.45) is 5.61. The molecule has 3 aromatic rings. The Labute approximate surface area is 214 Å². The molecule has 0 aliphatic heterocycles. The summed E-state index contributed by atoms with van der Waals surface area (Å²) < 4.78 is 36.6. The van der Waals surface area contributed by atoms with Crippen molar-refractivity contribution in [3.05, 3.63) is 66.6 Å². The Morgan fingerprint density at radius 2 is 1.78 bits per heavy atom. The van der Waals surface area contributed by atoms with Crippen LogP contribution >= 0.6 is 0 Å². The molecule has 1 aliphatic rings. The van der Waals surface area contributed by atoms with Crippen molar-refractivity contribution >= 4 is 11.6 Å². The number of allylic oxidation sites excluding steroid dienone is 2. The highest BCUT2D eigenvalue weighted by atomic mass is 19.1. The Bertz CT molecular complexity index is 1230. The first kappa shape index (κ1) is 26.4. The molecule has 0 spiro atoms. The molecule has 0 unspecified atom stereocenters. The van der Waals surface area contributed by atoms with Crippen LogP contribution in [0.15, 0.2) is 58.1 Å². The van der Waals surface area contributed by atoms with Gasteiger partial charge in [0.2, 0.25) is 11.8 Å². The van der Waals surface area contributed by atoms with Crippen LogP contribution < -0.4 is 4.90 Å². The molecule has 1 aromatic carbocycles. The van der Waals surface area contributed by atoms with Crippen LogP contribution in [0.1, 0.15) is 74.8 Å². The van der Waals surface area contributed by atoms with Gasteiger partial charge in [-0.3, -0.25) is 4.79 Å².